The third-order valence-corrected chi connectivity index (χ3v) is 8.82. The number of rotatable bonds is 9. The second kappa shape index (κ2) is 10.6. The molecule has 0 aliphatic rings. The number of thiazole rings is 1. The lowest BCUT2D eigenvalue weighted by Crippen LogP contribution is -2.26. The summed E-state index contributed by atoms with van der Waals surface area (Å²) in [6, 6.07) is 19.7. The van der Waals surface area contributed by atoms with Crippen LogP contribution in [-0.4, -0.2) is 25.3 Å². The van der Waals surface area contributed by atoms with Crippen LogP contribution in [0.3, 0.4) is 0 Å². The topological polar surface area (TPSA) is 68.2 Å². The van der Waals surface area contributed by atoms with E-state index in [1.54, 1.807) is 40.6 Å². The van der Waals surface area contributed by atoms with Crippen LogP contribution in [0.2, 0.25) is 10.0 Å². The van der Waals surface area contributed by atoms with Crippen molar-refractivity contribution in [1.29, 1.82) is 0 Å². The van der Waals surface area contributed by atoms with Crippen LogP contribution in [0, 0.1) is 0 Å². The van der Waals surface area contributed by atoms with Gasteiger partial charge in [-0.1, -0.05) is 58.8 Å². The van der Waals surface area contributed by atoms with E-state index in [4.69, 9.17) is 23.2 Å². The van der Waals surface area contributed by atoms with Crippen LogP contribution in [0.1, 0.15) is 11.1 Å². The Balaban J connectivity index is 1.40. The molecule has 1 N–H and O–H groups in total. The molecule has 0 spiro atoms. The molecular formula is C23H20Cl2N2O3S3. The first-order valence-electron chi connectivity index (χ1n) is 10.0. The summed E-state index contributed by atoms with van der Waals surface area (Å²) in [7, 11) is -3.67. The molecule has 4 aromatic rings. The lowest BCUT2D eigenvalue weighted by atomic mass is 10.2. The van der Waals surface area contributed by atoms with Gasteiger partial charge in [0.1, 0.15) is 0 Å². The molecule has 33 heavy (non-hydrogen) atoms. The minimum atomic E-state index is -3.67. The van der Waals surface area contributed by atoms with E-state index < -0.39 is 10.0 Å². The molecule has 0 saturated heterocycles. The smallest absolute Gasteiger partial charge is 0.294 e. The molecule has 172 valence electrons. The van der Waals surface area contributed by atoms with E-state index in [0.717, 1.165) is 28.2 Å². The average Bonchev–Trinajstić information content (AvgIpc) is 3.09. The van der Waals surface area contributed by atoms with E-state index >= 15 is 0 Å². The first kappa shape index (κ1) is 24.3. The van der Waals surface area contributed by atoms with Gasteiger partial charge in [-0.25, -0.2) is 13.1 Å². The molecule has 0 saturated carbocycles. The molecule has 0 amide bonds. The Morgan fingerprint density at radius 2 is 1.73 bits per heavy atom. The van der Waals surface area contributed by atoms with Crippen molar-refractivity contribution in [3.63, 3.8) is 0 Å². The van der Waals surface area contributed by atoms with E-state index in [9.17, 15) is 13.2 Å². The van der Waals surface area contributed by atoms with Crippen molar-refractivity contribution in [2.45, 2.75) is 17.2 Å². The first-order valence-corrected chi connectivity index (χ1v) is 14.2. The number of hydrogen-bond donors (Lipinski definition) is 1. The molecule has 0 radical (unpaired) electrons. The second-order valence-electron chi connectivity index (χ2n) is 7.29. The van der Waals surface area contributed by atoms with Gasteiger partial charge in [-0.15, -0.1) is 0 Å². The maximum absolute atomic E-state index is 12.7. The third kappa shape index (κ3) is 6.20. The maximum Gasteiger partial charge on any atom is 0.308 e. The van der Waals surface area contributed by atoms with Gasteiger partial charge in [0.15, 0.2) is 0 Å². The standard InChI is InChI=1S/C23H20Cl2N2O3S3/c24-18-6-4-16(5-7-18)14-27-21-9-8-20(13-22(21)32-23(27)28)33(29,30)26-10-11-31-15-17-2-1-3-19(25)12-17/h1-9,12-13,26H,10-11,14-15H2. The summed E-state index contributed by atoms with van der Waals surface area (Å²) in [6.45, 7) is 0.698. The molecule has 0 aliphatic carbocycles. The van der Waals surface area contributed by atoms with Crippen LogP contribution < -0.4 is 9.60 Å². The Morgan fingerprint density at radius 1 is 0.939 bits per heavy atom. The second-order valence-corrected chi connectivity index (χ2v) is 12.0. The highest BCUT2D eigenvalue weighted by molar-refractivity contribution is 7.98. The summed E-state index contributed by atoms with van der Waals surface area (Å²) in [5, 5.41) is 1.32. The maximum atomic E-state index is 12.7. The van der Waals surface area contributed by atoms with E-state index in [-0.39, 0.29) is 9.77 Å². The molecule has 0 aliphatic heterocycles. The van der Waals surface area contributed by atoms with E-state index in [1.807, 2.05) is 36.4 Å². The van der Waals surface area contributed by atoms with Crippen molar-refractivity contribution < 1.29 is 8.42 Å². The number of hydrogen-bond acceptors (Lipinski definition) is 5. The molecule has 4 rings (SSSR count). The number of benzene rings is 3. The van der Waals surface area contributed by atoms with Gasteiger partial charge in [0.05, 0.1) is 21.7 Å². The molecule has 1 heterocycles. The van der Waals surface area contributed by atoms with E-state index in [0.29, 0.717) is 39.1 Å². The molecule has 0 atom stereocenters. The van der Waals surface area contributed by atoms with Gasteiger partial charge in [-0.05, 0) is 53.6 Å². The molecule has 10 heteroatoms. The van der Waals surface area contributed by atoms with Gasteiger partial charge in [-0.3, -0.25) is 9.36 Å². The molecule has 1 aromatic heterocycles. The van der Waals surface area contributed by atoms with Crippen molar-refractivity contribution in [3.8, 4) is 0 Å². The predicted octanol–water partition coefficient (Wildman–Crippen LogP) is 5.63. The van der Waals surface area contributed by atoms with Crippen LogP contribution in [0.4, 0.5) is 0 Å². The zero-order valence-corrected chi connectivity index (χ0v) is 21.3. The Kier molecular flexibility index (Phi) is 7.83. The van der Waals surface area contributed by atoms with Crippen molar-refractivity contribution in [2.75, 3.05) is 12.3 Å². The van der Waals surface area contributed by atoms with Crippen molar-refractivity contribution in [2.24, 2.45) is 0 Å². The number of nitrogens with one attached hydrogen (secondary N) is 1. The Morgan fingerprint density at radius 3 is 2.48 bits per heavy atom. The van der Waals surface area contributed by atoms with Crippen LogP contribution in [0.5, 0.6) is 0 Å². The van der Waals surface area contributed by atoms with Crippen LogP contribution in [-0.2, 0) is 22.3 Å². The fraction of sp³-hybridized carbons (Fsp3) is 0.174. The Labute approximate surface area is 210 Å². The van der Waals surface area contributed by atoms with Crippen LogP contribution in [0.15, 0.2) is 76.4 Å². The largest absolute Gasteiger partial charge is 0.308 e. The lowest BCUT2D eigenvalue weighted by Gasteiger charge is -2.08. The highest BCUT2D eigenvalue weighted by atomic mass is 35.5. The number of aromatic nitrogens is 1. The molecule has 3 aromatic carbocycles. The molecule has 0 unspecified atom stereocenters. The van der Waals surface area contributed by atoms with E-state index in [1.165, 1.54) is 6.07 Å². The number of fused-ring (bicyclic) bond motifs is 1. The predicted molar refractivity (Wildman–Crippen MR) is 139 cm³/mol. The van der Waals surface area contributed by atoms with Gasteiger partial charge < -0.3 is 0 Å². The van der Waals surface area contributed by atoms with Gasteiger partial charge in [0.2, 0.25) is 10.0 Å². The summed E-state index contributed by atoms with van der Waals surface area (Å²) in [6.07, 6.45) is 0. The number of thioether (sulfide) groups is 1. The summed E-state index contributed by atoms with van der Waals surface area (Å²) >= 11 is 14.6. The number of nitrogens with zero attached hydrogens (tertiary/aromatic N) is 1. The van der Waals surface area contributed by atoms with Gasteiger partial charge in [0, 0.05) is 28.1 Å². The zero-order valence-electron chi connectivity index (χ0n) is 17.3. The summed E-state index contributed by atoms with van der Waals surface area (Å²) in [5.41, 5.74) is 2.74. The fourth-order valence-corrected chi connectivity index (χ4v) is 6.62. The molecular weight excluding hydrogens is 519 g/mol. The quantitative estimate of drug-likeness (QED) is 0.280. The molecule has 5 nitrogen and oxygen atoms in total. The molecule has 0 bridgehead atoms. The van der Waals surface area contributed by atoms with Crippen LogP contribution >= 0.6 is 46.3 Å². The number of sulfonamides is 1. The number of halogens is 2. The monoisotopic (exact) mass is 538 g/mol. The zero-order chi connectivity index (χ0) is 23.4. The highest BCUT2D eigenvalue weighted by Gasteiger charge is 2.16. The molecule has 0 fully saturated rings. The normalized spacial score (nSPS) is 11.8. The minimum Gasteiger partial charge on any atom is -0.294 e. The van der Waals surface area contributed by atoms with Gasteiger partial charge in [-0.2, -0.15) is 11.8 Å². The summed E-state index contributed by atoms with van der Waals surface area (Å²) in [4.78, 5) is 12.5. The fourth-order valence-electron chi connectivity index (χ4n) is 3.28. The average molecular weight is 540 g/mol. The van der Waals surface area contributed by atoms with Crippen molar-refractivity contribution in [1.82, 2.24) is 9.29 Å². The SMILES string of the molecule is O=c1sc2cc(S(=O)(=O)NCCSCc3cccc(Cl)c3)ccc2n1Cc1ccc(Cl)cc1. The lowest BCUT2D eigenvalue weighted by molar-refractivity contribution is 0.584. The Bertz CT molecular complexity index is 1430. The summed E-state index contributed by atoms with van der Waals surface area (Å²) < 4.78 is 30.4. The first-order chi connectivity index (χ1) is 15.8. The minimum absolute atomic E-state index is 0.139. The Hall–Kier alpha value is -1.81. The van der Waals surface area contributed by atoms with Gasteiger partial charge in [0.25, 0.3) is 0 Å². The van der Waals surface area contributed by atoms with E-state index in [2.05, 4.69) is 4.72 Å². The van der Waals surface area contributed by atoms with Crippen molar-refractivity contribution >= 4 is 66.5 Å². The van der Waals surface area contributed by atoms with Gasteiger partial charge >= 0.3 is 4.87 Å². The van der Waals surface area contributed by atoms with Crippen LogP contribution in [0.25, 0.3) is 10.2 Å². The highest BCUT2D eigenvalue weighted by Crippen LogP contribution is 2.23. The summed E-state index contributed by atoms with van der Waals surface area (Å²) in [5.74, 6) is 1.38. The third-order valence-electron chi connectivity index (χ3n) is 4.90. The van der Waals surface area contributed by atoms with Crippen molar-refractivity contribution in [3.05, 3.63) is 97.6 Å².